The second kappa shape index (κ2) is 5.56. The van der Waals surface area contributed by atoms with Gasteiger partial charge in [-0.1, -0.05) is 4.49 Å². The molecule has 1 fully saturated rings. The highest BCUT2D eigenvalue weighted by molar-refractivity contribution is 7.09. The molecule has 0 unspecified atom stereocenters. The fourth-order valence-corrected chi connectivity index (χ4v) is 2.45. The number of rotatable bonds is 4. The van der Waals surface area contributed by atoms with Crippen LogP contribution in [0.2, 0.25) is 0 Å². The summed E-state index contributed by atoms with van der Waals surface area (Å²) in [6.45, 7) is 3.68. The zero-order valence-electron chi connectivity index (χ0n) is 9.56. The van der Waals surface area contributed by atoms with E-state index in [1.165, 1.54) is 11.5 Å². The van der Waals surface area contributed by atoms with Gasteiger partial charge < -0.3 is 15.4 Å². The molecule has 2 rings (SSSR count). The molecule has 1 aromatic heterocycles. The predicted molar refractivity (Wildman–Crippen MR) is 64.2 cm³/mol. The van der Waals surface area contributed by atoms with E-state index in [9.17, 15) is 0 Å². The van der Waals surface area contributed by atoms with Crippen molar-refractivity contribution in [3.05, 3.63) is 5.69 Å². The molecule has 1 aliphatic heterocycles. The quantitative estimate of drug-likeness (QED) is 0.852. The summed E-state index contributed by atoms with van der Waals surface area (Å²) >= 11 is 1.26. The van der Waals surface area contributed by atoms with Crippen molar-refractivity contribution in [2.24, 2.45) is 5.92 Å². The number of nitrogens with zero attached hydrogens (tertiary/aromatic N) is 3. The van der Waals surface area contributed by atoms with Gasteiger partial charge in [-0.25, -0.2) is 0 Å². The summed E-state index contributed by atoms with van der Waals surface area (Å²) in [6, 6.07) is 0. The number of ether oxygens (including phenoxy) is 1. The van der Waals surface area contributed by atoms with Crippen molar-refractivity contribution in [1.29, 1.82) is 0 Å². The number of anilines is 1. The highest BCUT2D eigenvalue weighted by Gasteiger charge is 2.16. The van der Waals surface area contributed by atoms with Crippen molar-refractivity contribution in [2.45, 2.75) is 19.4 Å². The van der Waals surface area contributed by atoms with E-state index in [1.54, 1.807) is 0 Å². The van der Waals surface area contributed by atoms with Gasteiger partial charge in [-0.05, 0) is 25.8 Å². The lowest BCUT2D eigenvalue weighted by molar-refractivity contribution is 0.0548. The third-order valence-electron chi connectivity index (χ3n) is 2.92. The Kier molecular flexibility index (Phi) is 4.09. The smallest absolute Gasteiger partial charge is 0.132 e. The molecule has 1 aliphatic rings. The zero-order valence-corrected chi connectivity index (χ0v) is 10.4. The molecule has 2 N–H and O–H groups in total. The summed E-state index contributed by atoms with van der Waals surface area (Å²) < 4.78 is 9.19. The van der Waals surface area contributed by atoms with Crippen LogP contribution in [-0.2, 0) is 11.3 Å². The summed E-state index contributed by atoms with van der Waals surface area (Å²) in [5, 5.41) is 4.76. The summed E-state index contributed by atoms with van der Waals surface area (Å²) in [7, 11) is 2.11. The van der Waals surface area contributed by atoms with Crippen molar-refractivity contribution in [3.8, 4) is 0 Å². The minimum Gasteiger partial charge on any atom is -0.388 e. The van der Waals surface area contributed by atoms with Crippen LogP contribution >= 0.6 is 11.5 Å². The van der Waals surface area contributed by atoms with Crippen molar-refractivity contribution >= 4 is 16.5 Å². The molecule has 0 aromatic carbocycles. The predicted octanol–water partition coefficient (Wildman–Crippen LogP) is 0.979. The van der Waals surface area contributed by atoms with Crippen LogP contribution in [0, 0.1) is 5.92 Å². The molecule has 90 valence electrons. The molecule has 0 amide bonds. The topological polar surface area (TPSA) is 64.3 Å². The van der Waals surface area contributed by atoms with Crippen molar-refractivity contribution in [2.75, 3.05) is 32.5 Å². The highest BCUT2D eigenvalue weighted by Crippen LogP contribution is 2.18. The summed E-state index contributed by atoms with van der Waals surface area (Å²) in [4.78, 5) is 2.27. The normalized spacial score (nSPS) is 18.1. The molecular weight excluding hydrogens is 224 g/mol. The van der Waals surface area contributed by atoms with Gasteiger partial charge in [0.15, 0.2) is 0 Å². The number of hydrogen-bond acceptors (Lipinski definition) is 6. The Bertz CT molecular complexity index is 324. The maximum Gasteiger partial charge on any atom is 0.132 e. The summed E-state index contributed by atoms with van der Waals surface area (Å²) in [5.41, 5.74) is 6.67. The molecule has 2 heterocycles. The lowest BCUT2D eigenvalue weighted by Gasteiger charge is -2.26. The van der Waals surface area contributed by atoms with Gasteiger partial charge in [0, 0.05) is 37.8 Å². The Hall–Kier alpha value is -0.720. The second-order valence-electron chi connectivity index (χ2n) is 4.34. The molecule has 0 atom stereocenters. The third-order valence-corrected chi connectivity index (χ3v) is 3.51. The van der Waals surface area contributed by atoms with Gasteiger partial charge in [-0.2, -0.15) is 0 Å². The zero-order chi connectivity index (χ0) is 11.4. The number of nitrogens with two attached hydrogens (primary N) is 1. The van der Waals surface area contributed by atoms with Crippen LogP contribution in [0.1, 0.15) is 18.5 Å². The summed E-state index contributed by atoms with van der Waals surface area (Å²) in [5.74, 6) is 0.742. The molecule has 5 nitrogen and oxygen atoms in total. The van der Waals surface area contributed by atoms with Crippen LogP contribution in [0.5, 0.6) is 0 Å². The molecule has 0 aliphatic carbocycles. The molecule has 0 radical (unpaired) electrons. The van der Waals surface area contributed by atoms with Crippen LogP contribution < -0.4 is 5.73 Å². The molecule has 6 heteroatoms. The molecule has 0 bridgehead atoms. The van der Waals surface area contributed by atoms with Crippen molar-refractivity contribution < 1.29 is 4.74 Å². The largest absolute Gasteiger partial charge is 0.388 e. The number of aromatic nitrogens is 2. The first-order chi connectivity index (χ1) is 7.75. The first kappa shape index (κ1) is 11.8. The first-order valence-corrected chi connectivity index (χ1v) is 6.36. The second-order valence-corrected chi connectivity index (χ2v) is 5.12. The Morgan fingerprint density at radius 2 is 2.25 bits per heavy atom. The van der Waals surface area contributed by atoms with Crippen LogP contribution in [0.4, 0.5) is 5.00 Å². The number of nitrogen functional groups attached to an aromatic ring is 1. The molecule has 1 aromatic rings. The maximum absolute atomic E-state index is 5.77. The van der Waals surface area contributed by atoms with Crippen molar-refractivity contribution in [3.63, 3.8) is 0 Å². The van der Waals surface area contributed by atoms with Gasteiger partial charge in [0.25, 0.3) is 0 Å². The van der Waals surface area contributed by atoms with Crippen molar-refractivity contribution in [1.82, 2.24) is 14.5 Å². The fraction of sp³-hybridized carbons (Fsp3) is 0.800. The van der Waals surface area contributed by atoms with Gasteiger partial charge in [0.2, 0.25) is 0 Å². The minimum absolute atomic E-state index is 0.735. The van der Waals surface area contributed by atoms with E-state index in [0.29, 0.717) is 0 Å². The lowest BCUT2D eigenvalue weighted by Crippen LogP contribution is -2.29. The van der Waals surface area contributed by atoms with E-state index >= 15 is 0 Å². The molecule has 1 saturated heterocycles. The van der Waals surface area contributed by atoms with E-state index in [0.717, 1.165) is 55.8 Å². The van der Waals surface area contributed by atoms with E-state index in [4.69, 9.17) is 10.5 Å². The average molecular weight is 242 g/mol. The van der Waals surface area contributed by atoms with Crippen LogP contribution in [0.15, 0.2) is 0 Å². The highest BCUT2D eigenvalue weighted by atomic mass is 32.1. The van der Waals surface area contributed by atoms with Gasteiger partial charge in [0.05, 0.1) is 0 Å². The molecule has 0 saturated carbocycles. The monoisotopic (exact) mass is 242 g/mol. The molecule has 16 heavy (non-hydrogen) atoms. The van der Waals surface area contributed by atoms with Gasteiger partial charge in [-0.15, -0.1) is 5.10 Å². The lowest BCUT2D eigenvalue weighted by atomic mass is 10.00. The Labute approximate surface area is 99.7 Å². The van der Waals surface area contributed by atoms with Gasteiger partial charge in [0.1, 0.15) is 10.7 Å². The van der Waals surface area contributed by atoms with E-state index in [2.05, 4.69) is 21.5 Å². The molecular formula is C10H18N4OS. The average Bonchev–Trinajstić information content (AvgIpc) is 2.66. The van der Waals surface area contributed by atoms with E-state index < -0.39 is 0 Å². The van der Waals surface area contributed by atoms with E-state index in [1.807, 2.05) is 0 Å². The van der Waals surface area contributed by atoms with Gasteiger partial charge >= 0.3 is 0 Å². The van der Waals surface area contributed by atoms with E-state index in [-0.39, 0.29) is 0 Å². The standard InChI is InChI=1S/C10H18N4OS/c1-14(6-8-2-4-15-5-3-8)7-9-10(11)16-13-12-9/h8H,2-7,11H2,1H3. The van der Waals surface area contributed by atoms with Crippen LogP contribution in [-0.4, -0.2) is 41.3 Å². The maximum atomic E-state index is 5.77. The van der Waals surface area contributed by atoms with Gasteiger partial charge in [-0.3, -0.25) is 0 Å². The Balaban J connectivity index is 1.79. The Morgan fingerprint density at radius 3 is 2.88 bits per heavy atom. The fourth-order valence-electron chi connectivity index (χ4n) is 2.02. The third kappa shape index (κ3) is 3.13. The Morgan fingerprint density at radius 1 is 1.50 bits per heavy atom. The van der Waals surface area contributed by atoms with Crippen LogP contribution in [0.25, 0.3) is 0 Å². The SMILES string of the molecule is CN(Cc1nnsc1N)CC1CCOCC1. The minimum atomic E-state index is 0.735. The summed E-state index contributed by atoms with van der Waals surface area (Å²) in [6.07, 6.45) is 2.32. The van der Waals surface area contributed by atoms with Crippen LogP contribution in [0.3, 0.4) is 0 Å². The number of hydrogen-bond donors (Lipinski definition) is 1. The first-order valence-electron chi connectivity index (χ1n) is 5.58. The molecule has 0 spiro atoms.